The van der Waals surface area contributed by atoms with Gasteiger partial charge in [0.1, 0.15) is 17.0 Å². The van der Waals surface area contributed by atoms with Crippen LogP contribution in [0.5, 0.6) is 0 Å². The Labute approximate surface area is 179 Å². The van der Waals surface area contributed by atoms with Crippen LogP contribution in [0, 0.1) is 6.92 Å². The molecule has 0 atom stereocenters. The minimum atomic E-state index is -1.07. The molecule has 0 saturated heterocycles. The fourth-order valence-corrected chi connectivity index (χ4v) is 4.59. The molecule has 0 aliphatic carbocycles. The Kier molecular flexibility index (Phi) is 5.35. The molecule has 148 valence electrons. The van der Waals surface area contributed by atoms with E-state index in [0.29, 0.717) is 26.2 Å². The Bertz CT molecular complexity index is 997. The van der Waals surface area contributed by atoms with Crippen LogP contribution < -0.4 is 0 Å². The lowest BCUT2D eigenvalue weighted by atomic mass is 9.81. The third-order valence-corrected chi connectivity index (χ3v) is 5.71. The molecule has 0 fully saturated rings. The molecular formula is C22H21Cl3O3. The third-order valence-electron chi connectivity index (χ3n) is 4.89. The molecule has 0 aromatic heterocycles. The van der Waals surface area contributed by atoms with Gasteiger partial charge in [-0.25, -0.2) is 0 Å². The van der Waals surface area contributed by atoms with Crippen LogP contribution >= 0.6 is 34.8 Å². The highest BCUT2D eigenvalue weighted by Gasteiger charge is 2.47. The molecular weight excluding hydrogens is 419 g/mol. The molecule has 1 heterocycles. The van der Waals surface area contributed by atoms with Gasteiger partial charge < -0.3 is 9.84 Å². The number of benzene rings is 2. The Morgan fingerprint density at radius 3 is 2.07 bits per heavy atom. The van der Waals surface area contributed by atoms with Gasteiger partial charge in [-0.05, 0) is 69.5 Å². The summed E-state index contributed by atoms with van der Waals surface area (Å²) in [6.07, 6.45) is 0. The minimum Gasteiger partial charge on any atom is -0.508 e. The molecule has 3 nitrogen and oxygen atoms in total. The van der Waals surface area contributed by atoms with Gasteiger partial charge in [-0.3, -0.25) is 4.79 Å². The van der Waals surface area contributed by atoms with Gasteiger partial charge in [0.25, 0.3) is 0 Å². The lowest BCUT2D eigenvalue weighted by Crippen LogP contribution is -2.49. The molecule has 1 N–H and O–H groups in total. The number of rotatable bonds is 2. The summed E-state index contributed by atoms with van der Waals surface area (Å²) in [6, 6.07) is 8.79. The average Bonchev–Trinajstić information content (AvgIpc) is 2.54. The number of aliphatic hydroxyl groups is 1. The zero-order chi connectivity index (χ0) is 21.0. The number of ether oxygens (including phenoxy) is 1. The smallest absolute Gasteiger partial charge is 0.198 e. The molecule has 0 saturated carbocycles. The number of halogens is 3. The number of aliphatic hydroxyl groups excluding tert-OH is 1. The Morgan fingerprint density at radius 1 is 0.929 bits per heavy atom. The van der Waals surface area contributed by atoms with Crippen molar-refractivity contribution in [2.45, 2.75) is 45.8 Å². The van der Waals surface area contributed by atoms with Crippen molar-refractivity contribution < 1.29 is 14.6 Å². The predicted molar refractivity (Wildman–Crippen MR) is 115 cm³/mol. The average molecular weight is 440 g/mol. The standard InChI is InChI=1S/C22H21Cl3O3/c1-11-6-7-12(17-15(24)9-13(23)10-16(17)25)8-14(11)18-19(26)21(2,3)28-22(4,5)20(18)27/h6-10,26H,1-5H3. The maximum atomic E-state index is 13.1. The van der Waals surface area contributed by atoms with Crippen molar-refractivity contribution in [3.63, 3.8) is 0 Å². The fourth-order valence-electron chi connectivity index (χ4n) is 3.56. The Balaban J connectivity index is 2.27. The van der Waals surface area contributed by atoms with E-state index in [4.69, 9.17) is 39.5 Å². The highest BCUT2D eigenvalue weighted by Crippen LogP contribution is 2.43. The first-order chi connectivity index (χ1) is 12.8. The fraction of sp³-hybridized carbons (Fsp3) is 0.318. The summed E-state index contributed by atoms with van der Waals surface area (Å²) in [5.74, 6) is -0.372. The second kappa shape index (κ2) is 7.07. The van der Waals surface area contributed by atoms with E-state index in [0.717, 1.165) is 11.1 Å². The molecule has 0 radical (unpaired) electrons. The monoisotopic (exact) mass is 438 g/mol. The van der Waals surface area contributed by atoms with E-state index in [1.807, 2.05) is 25.1 Å². The first-order valence-electron chi connectivity index (χ1n) is 8.80. The summed E-state index contributed by atoms with van der Waals surface area (Å²) >= 11 is 18.8. The van der Waals surface area contributed by atoms with Gasteiger partial charge in [0.15, 0.2) is 5.78 Å². The third kappa shape index (κ3) is 3.57. The van der Waals surface area contributed by atoms with Crippen LogP contribution in [-0.2, 0) is 9.53 Å². The molecule has 0 unspecified atom stereocenters. The summed E-state index contributed by atoms with van der Waals surface area (Å²) in [4.78, 5) is 13.1. The number of hydrogen-bond acceptors (Lipinski definition) is 3. The van der Waals surface area contributed by atoms with Gasteiger partial charge in [-0.15, -0.1) is 0 Å². The highest BCUT2D eigenvalue weighted by atomic mass is 35.5. The van der Waals surface area contributed by atoms with E-state index in [1.54, 1.807) is 39.8 Å². The predicted octanol–water partition coefficient (Wildman–Crippen LogP) is 7.05. The van der Waals surface area contributed by atoms with E-state index in [9.17, 15) is 9.90 Å². The summed E-state index contributed by atoms with van der Waals surface area (Å²) in [5, 5.41) is 12.1. The summed E-state index contributed by atoms with van der Waals surface area (Å²) in [6.45, 7) is 8.77. The van der Waals surface area contributed by atoms with Crippen molar-refractivity contribution in [1.29, 1.82) is 0 Å². The first kappa shape index (κ1) is 21.2. The van der Waals surface area contributed by atoms with Crippen LogP contribution in [0.25, 0.3) is 16.7 Å². The molecule has 6 heteroatoms. The summed E-state index contributed by atoms with van der Waals surface area (Å²) < 4.78 is 5.83. The molecule has 0 amide bonds. The molecule has 0 spiro atoms. The Morgan fingerprint density at radius 2 is 1.50 bits per heavy atom. The summed E-state index contributed by atoms with van der Waals surface area (Å²) in [5.41, 5.74) is 0.990. The quantitative estimate of drug-likeness (QED) is 0.545. The SMILES string of the molecule is Cc1ccc(-c2c(Cl)cc(Cl)cc2Cl)cc1C1=C(O)C(C)(C)OC(C)(C)C1=O. The zero-order valence-corrected chi connectivity index (χ0v) is 18.6. The van der Waals surface area contributed by atoms with E-state index in [-0.39, 0.29) is 17.1 Å². The first-order valence-corrected chi connectivity index (χ1v) is 9.93. The normalized spacial score (nSPS) is 18.5. The van der Waals surface area contributed by atoms with Crippen molar-refractivity contribution in [3.8, 4) is 11.1 Å². The van der Waals surface area contributed by atoms with Crippen LogP contribution in [0.3, 0.4) is 0 Å². The van der Waals surface area contributed by atoms with Crippen LogP contribution in [-0.4, -0.2) is 22.1 Å². The molecule has 2 aromatic carbocycles. The second-order valence-corrected chi connectivity index (χ2v) is 9.20. The number of ketones is 1. The van der Waals surface area contributed by atoms with Gasteiger partial charge in [0.2, 0.25) is 0 Å². The van der Waals surface area contributed by atoms with Gasteiger partial charge >= 0.3 is 0 Å². The molecule has 3 rings (SSSR count). The zero-order valence-electron chi connectivity index (χ0n) is 16.3. The van der Waals surface area contributed by atoms with Crippen molar-refractivity contribution >= 4 is 46.2 Å². The van der Waals surface area contributed by atoms with E-state index in [1.165, 1.54) is 0 Å². The molecule has 0 bridgehead atoms. The minimum absolute atomic E-state index is 0.0922. The lowest BCUT2D eigenvalue weighted by molar-refractivity contribution is -0.158. The number of hydrogen-bond donors (Lipinski definition) is 1. The van der Waals surface area contributed by atoms with Gasteiger partial charge in [0.05, 0.1) is 15.6 Å². The van der Waals surface area contributed by atoms with Crippen LogP contribution in [0.4, 0.5) is 0 Å². The maximum Gasteiger partial charge on any atom is 0.198 e. The maximum absolute atomic E-state index is 13.1. The number of carbonyl (C=O) groups excluding carboxylic acids is 1. The molecule has 28 heavy (non-hydrogen) atoms. The van der Waals surface area contributed by atoms with E-state index >= 15 is 0 Å². The molecule has 1 aliphatic rings. The van der Waals surface area contributed by atoms with Crippen molar-refractivity contribution in [1.82, 2.24) is 0 Å². The molecule has 2 aromatic rings. The Hall–Kier alpha value is -1.52. The number of carbonyl (C=O) groups is 1. The molecule has 1 aliphatic heterocycles. The van der Waals surface area contributed by atoms with Crippen molar-refractivity contribution in [2.24, 2.45) is 0 Å². The lowest BCUT2D eigenvalue weighted by Gasteiger charge is -2.40. The van der Waals surface area contributed by atoms with Crippen molar-refractivity contribution in [2.75, 3.05) is 0 Å². The van der Waals surface area contributed by atoms with Gasteiger partial charge in [0, 0.05) is 10.6 Å². The van der Waals surface area contributed by atoms with Crippen LogP contribution in [0.2, 0.25) is 15.1 Å². The van der Waals surface area contributed by atoms with Crippen LogP contribution in [0.15, 0.2) is 36.1 Å². The van der Waals surface area contributed by atoms with Gasteiger partial charge in [-0.2, -0.15) is 0 Å². The number of aryl methyl sites for hydroxylation is 1. The highest BCUT2D eigenvalue weighted by molar-refractivity contribution is 6.41. The van der Waals surface area contributed by atoms with Crippen molar-refractivity contribution in [3.05, 3.63) is 62.3 Å². The van der Waals surface area contributed by atoms with Gasteiger partial charge in [-0.1, -0.05) is 46.9 Å². The topological polar surface area (TPSA) is 46.5 Å². The second-order valence-electron chi connectivity index (χ2n) is 7.95. The van der Waals surface area contributed by atoms with E-state index < -0.39 is 11.2 Å². The van der Waals surface area contributed by atoms with E-state index in [2.05, 4.69) is 0 Å². The largest absolute Gasteiger partial charge is 0.508 e. The van der Waals surface area contributed by atoms with Crippen LogP contribution in [0.1, 0.15) is 38.8 Å². The summed E-state index contributed by atoms with van der Waals surface area (Å²) in [7, 11) is 0. The number of Topliss-reactive ketones (excluding diaryl/α,β-unsaturated/α-hetero) is 1.